The molecule has 2 heteroatoms. The molecule has 0 amide bonds. The first-order valence-electron chi connectivity index (χ1n) is 4.38. The van der Waals surface area contributed by atoms with E-state index in [-0.39, 0.29) is 5.41 Å². The standard InChI is InChI=1S/C10H14O2/c11-8-4-7-10(9-12)5-2-1-3-6-10/h1-2,8-9H,3-7H2. The number of rotatable bonds is 4. The van der Waals surface area contributed by atoms with Crippen LogP contribution in [-0.2, 0) is 9.59 Å². The van der Waals surface area contributed by atoms with E-state index in [0.29, 0.717) is 12.8 Å². The third-order valence-corrected chi connectivity index (χ3v) is 2.51. The summed E-state index contributed by atoms with van der Waals surface area (Å²) in [4.78, 5) is 21.0. The lowest BCUT2D eigenvalue weighted by atomic mass is 9.75. The van der Waals surface area contributed by atoms with Gasteiger partial charge in [-0.25, -0.2) is 0 Å². The van der Waals surface area contributed by atoms with Gasteiger partial charge in [-0.05, 0) is 25.7 Å². The molecule has 12 heavy (non-hydrogen) atoms. The molecule has 0 saturated heterocycles. The number of aldehydes is 2. The molecule has 0 aromatic heterocycles. The van der Waals surface area contributed by atoms with Crippen LogP contribution in [-0.4, -0.2) is 12.6 Å². The van der Waals surface area contributed by atoms with Gasteiger partial charge in [-0.15, -0.1) is 0 Å². The zero-order chi connectivity index (χ0) is 8.86. The summed E-state index contributed by atoms with van der Waals surface area (Å²) < 4.78 is 0. The van der Waals surface area contributed by atoms with E-state index in [2.05, 4.69) is 6.08 Å². The van der Waals surface area contributed by atoms with Gasteiger partial charge < -0.3 is 9.59 Å². The van der Waals surface area contributed by atoms with E-state index in [9.17, 15) is 9.59 Å². The number of allylic oxidation sites excluding steroid dienone is 2. The monoisotopic (exact) mass is 166 g/mol. The second-order valence-electron chi connectivity index (χ2n) is 3.40. The Bertz CT molecular complexity index is 196. The minimum Gasteiger partial charge on any atom is -0.303 e. The van der Waals surface area contributed by atoms with Crippen LogP contribution in [0.4, 0.5) is 0 Å². The maximum atomic E-state index is 10.8. The summed E-state index contributed by atoms with van der Waals surface area (Å²) in [6.45, 7) is 0. The Morgan fingerprint density at radius 3 is 2.67 bits per heavy atom. The van der Waals surface area contributed by atoms with Gasteiger partial charge in [-0.2, -0.15) is 0 Å². The summed E-state index contributed by atoms with van der Waals surface area (Å²) in [5.41, 5.74) is -0.227. The van der Waals surface area contributed by atoms with Crippen LogP contribution in [0.3, 0.4) is 0 Å². The maximum absolute atomic E-state index is 10.8. The number of hydrogen-bond donors (Lipinski definition) is 0. The van der Waals surface area contributed by atoms with Gasteiger partial charge in [0.15, 0.2) is 0 Å². The molecule has 1 rings (SSSR count). The second-order valence-corrected chi connectivity index (χ2v) is 3.40. The van der Waals surface area contributed by atoms with E-state index >= 15 is 0 Å². The number of hydrogen-bond acceptors (Lipinski definition) is 2. The smallest absolute Gasteiger partial charge is 0.126 e. The van der Waals surface area contributed by atoms with E-state index in [1.54, 1.807) is 0 Å². The molecule has 0 saturated carbocycles. The highest BCUT2D eigenvalue weighted by atomic mass is 16.1. The molecule has 0 aromatic carbocycles. The van der Waals surface area contributed by atoms with E-state index in [1.807, 2.05) is 6.08 Å². The lowest BCUT2D eigenvalue weighted by Gasteiger charge is -2.28. The molecule has 0 aliphatic heterocycles. The Labute approximate surface area is 72.7 Å². The molecule has 1 atom stereocenters. The minimum atomic E-state index is -0.227. The molecule has 66 valence electrons. The Morgan fingerprint density at radius 1 is 1.33 bits per heavy atom. The third-order valence-electron chi connectivity index (χ3n) is 2.51. The molecular weight excluding hydrogens is 152 g/mol. The van der Waals surface area contributed by atoms with Crippen molar-refractivity contribution in [1.82, 2.24) is 0 Å². The largest absolute Gasteiger partial charge is 0.303 e. The molecule has 0 N–H and O–H groups in total. The van der Waals surface area contributed by atoms with Crippen LogP contribution in [0, 0.1) is 5.41 Å². The summed E-state index contributed by atoms with van der Waals surface area (Å²) in [5.74, 6) is 0. The van der Waals surface area contributed by atoms with Gasteiger partial charge in [-0.1, -0.05) is 12.2 Å². The topological polar surface area (TPSA) is 34.1 Å². The fourth-order valence-electron chi connectivity index (χ4n) is 1.65. The molecule has 0 fully saturated rings. The van der Waals surface area contributed by atoms with Crippen molar-refractivity contribution in [2.24, 2.45) is 5.41 Å². The predicted octanol–water partition coefficient (Wildman–Crippen LogP) is 1.89. The second kappa shape index (κ2) is 4.19. The minimum absolute atomic E-state index is 0.227. The van der Waals surface area contributed by atoms with Crippen LogP contribution in [0.5, 0.6) is 0 Å². The first-order chi connectivity index (χ1) is 5.83. The van der Waals surface area contributed by atoms with Gasteiger partial charge in [0, 0.05) is 11.8 Å². The molecule has 1 aliphatic carbocycles. The van der Waals surface area contributed by atoms with Crippen molar-refractivity contribution < 1.29 is 9.59 Å². The van der Waals surface area contributed by atoms with Crippen LogP contribution in [0.1, 0.15) is 32.1 Å². The van der Waals surface area contributed by atoms with Gasteiger partial charge in [0.2, 0.25) is 0 Å². The number of carbonyl (C=O) groups excluding carboxylic acids is 2. The van der Waals surface area contributed by atoms with E-state index in [4.69, 9.17) is 0 Å². The highest BCUT2D eigenvalue weighted by Gasteiger charge is 2.28. The zero-order valence-electron chi connectivity index (χ0n) is 7.16. The molecule has 2 nitrogen and oxygen atoms in total. The average molecular weight is 166 g/mol. The molecule has 0 bridgehead atoms. The van der Waals surface area contributed by atoms with Crippen molar-refractivity contribution in [2.75, 3.05) is 0 Å². The summed E-state index contributed by atoms with van der Waals surface area (Å²) >= 11 is 0. The lowest BCUT2D eigenvalue weighted by Crippen LogP contribution is -2.23. The van der Waals surface area contributed by atoms with Gasteiger partial charge in [0.25, 0.3) is 0 Å². The normalized spacial score (nSPS) is 28.3. The van der Waals surface area contributed by atoms with Crippen molar-refractivity contribution in [3.63, 3.8) is 0 Å². The molecule has 0 heterocycles. The zero-order valence-corrected chi connectivity index (χ0v) is 7.16. The van der Waals surface area contributed by atoms with Crippen LogP contribution < -0.4 is 0 Å². The summed E-state index contributed by atoms with van der Waals surface area (Å²) in [6, 6.07) is 0. The highest BCUT2D eigenvalue weighted by Crippen LogP contribution is 2.34. The third kappa shape index (κ3) is 2.03. The van der Waals surface area contributed by atoms with Crippen LogP contribution in [0.25, 0.3) is 0 Å². The maximum Gasteiger partial charge on any atom is 0.126 e. The van der Waals surface area contributed by atoms with Gasteiger partial charge in [0.05, 0.1) is 0 Å². The Balaban J connectivity index is 2.55. The van der Waals surface area contributed by atoms with Crippen molar-refractivity contribution >= 4 is 12.6 Å². The SMILES string of the molecule is O=CCCC1(C=O)CC=CCC1. The quantitative estimate of drug-likeness (QED) is 0.472. The lowest BCUT2D eigenvalue weighted by molar-refractivity contribution is -0.117. The summed E-state index contributed by atoms with van der Waals surface area (Å²) in [6.07, 6.45) is 9.97. The first kappa shape index (κ1) is 9.17. The molecule has 1 aliphatic rings. The van der Waals surface area contributed by atoms with Crippen molar-refractivity contribution in [3.8, 4) is 0 Å². The molecule has 0 radical (unpaired) electrons. The van der Waals surface area contributed by atoms with E-state index < -0.39 is 0 Å². The fraction of sp³-hybridized carbons (Fsp3) is 0.600. The van der Waals surface area contributed by atoms with Gasteiger partial charge in [0.1, 0.15) is 12.6 Å². The predicted molar refractivity (Wildman–Crippen MR) is 46.8 cm³/mol. The Kier molecular flexibility index (Phi) is 3.20. The fourth-order valence-corrected chi connectivity index (χ4v) is 1.65. The van der Waals surface area contributed by atoms with Crippen LogP contribution in [0.15, 0.2) is 12.2 Å². The van der Waals surface area contributed by atoms with Crippen LogP contribution >= 0.6 is 0 Å². The van der Waals surface area contributed by atoms with Gasteiger partial charge in [-0.3, -0.25) is 0 Å². The summed E-state index contributed by atoms with van der Waals surface area (Å²) in [5, 5.41) is 0. The molecule has 0 aromatic rings. The molecule has 0 spiro atoms. The van der Waals surface area contributed by atoms with E-state index in [0.717, 1.165) is 31.8 Å². The van der Waals surface area contributed by atoms with Crippen molar-refractivity contribution in [3.05, 3.63) is 12.2 Å². The van der Waals surface area contributed by atoms with Crippen LogP contribution in [0.2, 0.25) is 0 Å². The highest BCUT2D eigenvalue weighted by molar-refractivity contribution is 5.61. The summed E-state index contributed by atoms with van der Waals surface area (Å²) in [7, 11) is 0. The van der Waals surface area contributed by atoms with Crippen molar-refractivity contribution in [1.29, 1.82) is 0 Å². The Hall–Kier alpha value is -0.920. The molecule has 1 unspecified atom stereocenters. The Morgan fingerprint density at radius 2 is 2.17 bits per heavy atom. The number of carbonyl (C=O) groups is 2. The van der Waals surface area contributed by atoms with Crippen molar-refractivity contribution in [2.45, 2.75) is 32.1 Å². The first-order valence-corrected chi connectivity index (χ1v) is 4.38. The molecular formula is C10H14O2. The van der Waals surface area contributed by atoms with E-state index in [1.165, 1.54) is 0 Å². The average Bonchev–Trinajstić information content (AvgIpc) is 2.16. The van der Waals surface area contributed by atoms with Gasteiger partial charge >= 0.3 is 0 Å².